The van der Waals surface area contributed by atoms with Gasteiger partial charge in [-0.15, -0.1) is 0 Å². The van der Waals surface area contributed by atoms with Crippen LogP contribution in [0.25, 0.3) is 0 Å². The third-order valence-corrected chi connectivity index (χ3v) is 3.39. The zero-order valence-electron chi connectivity index (χ0n) is 8.70. The average Bonchev–Trinajstić information content (AvgIpc) is 2.80. The Morgan fingerprint density at radius 2 is 2.18 bits per heavy atom. The van der Waals surface area contributed by atoms with Gasteiger partial charge in [0.2, 0.25) is 10.0 Å². The molecule has 2 heterocycles. The number of hydrogen-bond donors (Lipinski definition) is 2. The van der Waals surface area contributed by atoms with Crippen LogP contribution in [0.4, 0.5) is 5.82 Å². The van der Waals surface area contributed by atoms with Gasteiger partial charge in [0.05, 0.1) is 12.2 Å². The van der Waals surface area contributed by atoms with Crippen molar-refractivity contribution in [1.29, 1.82) is 0 Å². The molecule has 2 aromatic heterocycles. The highest BCUT2D eigenvalue weighted by atomic mass is 32.2. The molecule has 0 saturated heterocycles. The van der Waals surface area contributed by atoms with Crippen molar-refractivity contribution in [2.75, 3.05) is 5.73 Å². The van der Waals surface area contributed by atoms with Gasteiger partial charge in [0.1, 0.15) is 17.0 Å². The highest BCUT2D eigenvalue weighted by Gasteiger charge is 2.14. The molecule has 3 N–H and O–H groups in total. The first-order chi connectivity index (χ1) is 8.08. The maximum atomic E-state index is 11.8. The Morgan fingerprint density at radius 1 is 1.35 bits per heavy atom. The maximum absolute atomic E-state index is 11.8. The standard InChI is InChI=1S/C9H10N4O3S/c10-9-2-1-8(6-11-9)17(14,15)12-5-7-3-4-16-13-7/h1-4,6,12H,5H2,(H2,10,11). The van der Waals surface area contributed by atoms with Crippen LogP contribution in [-0.2, 0) is 16.6 Å². The van der Waals surface area contributed by atoms with E-state index in [1.807, 2.05) is 0 Å². The molecule has 0 spiro atoms. The van der Waals surface area contributed by atoms with E-state index in [0.29, 0.717) is 5.69 Å². The van der Waals surface area contributed by atoms with E-state index in [9.17, 15) is 8.42 Å². The van der Waals surface area contributed by atoms with Gasteiger partial charge in [0.15, 0.2) is 0 Å². The van der Waals surface area contributed by atoms with E-state index in [2.05, 4.69) is 19.4 Å². The van der Waals surface area contributed by atoms with Crippen LogP contribution < -0.4 is 10.5 Å². The lowest BCUT2D eigenvalue weighted by Crippen LogP contribution is -2.23. The van der Waals surface area contributed by atoms with Gasteiger partial charge in [0.25, 0.3) is 0 Å². The number of nitrogens with zero attached hydrogens (tertiary/aromatic N) is 2. The fraction of sp³-hybridized carbons (Fsp3) is 0.111. The van der Waals surface area contributed by atoms with Crippen LogP contribution in [0, 0.1) is 0 Å². The summed E-state index contributed by atoms with van der Waals surface area (Å²) in [6, 6.07) is 4.38. The lowest BCUT2D eigenvalue weighted by atomic mass is 10.4. The Kier molecular flexibility index (Phi) is 3.07. The Labute approximate surface area is 97.7 Å². The zero-order valence-corrected chi connectivity index (χ0v) is 9.52. The molecule has 2 rings (SSSR count). The summed E-state index contributed by atoms with van der Waals surface area (Å²) in [6.07, 6.45) is 2.56. The molecule has 0 aliphatic rings. The van der Waals surface area contributed by atoms with E-state index < -0.39 is 10.0 Å². The van der Waals surface area contributed by atoms with Crippen LogP contribution >= 0.6 is 0 Å². The second-order valence-electron chi connectivity index (χ2n) is 3.23. The van der Waals surface area contributed by atoms with Crippen LogP contribution in [0.3, 0.4) is 0 Å². The molecule has 0 aliphatic heterocycles. The minimum atomic E-state index is -3.60. The Balaban J connectivity index is 2.11. The Hall–Kier alpha value is -1.93. The summed E-state index contributed by atoms with van der Waals surface area (Å²) >= 11 is 0. The van der Waals surface area contributed by atoms with Crippen molar-refractivity contribution in [2.45, 2.75) is 11.4 Å². The molecule has 0 bridgehead atoms. The molecule has 0 aromatic carbocycles. The molecule has 0 saturated carbocycles. The number of pyridine rings is 1. The summed E-state index contributed by atoms with van der Waals surface area (Å²) in [5, 5.41) is 3.59. The van der Waals surface area contributed by atoms with Crippen molar-refractivity contribution in [1.82, 2.24) is 14.9 Å². The molecule has 0 fully saturated rings. The quantitative estimate of drug-likeness (QED) is 0.802. The third kappa shape index (κ3) is 2.80. The number of aromatic nitrogens is 2. The number of nitrogens with two attached hydrogens (primary N) is 1. The first-order valence-electron chi connectivity index (χ1n) is 4.68. The van der Waals surface area contributed by atoms with Crippen LogP contribution in [0.1, 0.15) is 5.69 Å². The molecule has 0 amide bonds. The van der Waals surface area contributed by atoms with E-state index in [0.717, 1.165) is 0 Å². The number of nitrogens with one attached hydrogen (secondary N) is 1. The normalized spacial score (nSPS) is 11.5. The molecule has 0 unspecified atom stereocenters. The minimum Gasteiger partial charge on any atom is -0.384 e. The molecule has 0 aliphatic carbocycles. The van der Waals surface area contributed by atoms with Gasteiger partial charge >= 0.3 is 0 Å². The van der Waals surface area contributed by atoms with E-state index >= 15 is 0 Å². The lowest BCUT2D eigenvalue weighted by molar-refractivity contribution is 0.411. The molecule has 0 atom stereocenters. The van der Waals surface area contributed by atoms with E-state index in [1.165, 1.54) is 24.6 Å². The van der Waals surface area contributed by atoms with Crippen molar-refractivity contribution >= 4 is 15.8 Å². The summed E-state index contributed by atoms with van der Waals surface area (Å²) in [7, 11) is -3.60. The second kappa shape index (κ2) is 4.52. The molecular formula is C9H10N4O3S. The molecule has 0 radical (unpaired) electrons. The van der Waals surface area contributed by atoms with Gasteiger partial charge in [-0.3, -0.25) is 0 Å². The largest absolute Gasteiger partial charge is 0.384 e. The zero-order chi connectivity index (χ0) is 12.3. The van der Waals surface area contributed by atoms with Crippen molar-refractivity contribution in [3.63, 3.8) is 0 Å². The van der Waals surface area contributed by atoms with Gasteiger partial charge in [-0.05, 0) is 12.1 Å². The molecule has 90 valence electrons. The lowest BCUT2D eigenvalue weighted by Gasteiger charge is -2.04. The SMILES string of the molecule is Nc1ccc(S(=O)(=O)NCc2ccon2)cn1. The van der Waals surface area contributed by atoms with Crippen molar-refractivity contribution in [3.05, 3.63) is 36.4 Å². The Morgan fingerprint density at radius 3 is 2.76 bits per heavy atom. The van der Waals surface area contributed by atoms with Gasteiger partial charge in [-0.1, -0.05) is 5.16 Å². The molecule has 2 aromatic rings. The molecule has 8 heteroatoms. The first kappa shape index (κ1) is 11.6. The van der Waals surface area contributed by atoms with Gasteiger partial charge < -0.3 is 10.3 Å². The van der Waals surface area contributed by atoms with E-state index in [4.69, 9.17) is 5.73 Å². The smallest absolute Gasteiger partial charge is 0.242 e. The van der Waals surface area contributed by atoms with Gasteiger partial charge in [0, 0.05) is 12.3 Å². The summed E-state index contributed by atoms with van der Waals surface area (Å²) in [6.45, 7) is 0.0587. The van der Waals surface area contributed by atoms with Gasteiger partial charge in [-0.25, -0.2) is 18.1 Å². The fourth-order valence-electron chi connectivity index (χ4n) is 1.13. The monoisotopic (exact) mass is 254 g/mol. The number of rotatable bonds is 4. The Bertz CT molecular complexity index is 577. The topological polar surface area (TPSA) is 111 Å². The third-order valence-electron chi connectivity index (χ3n) is 2.00. The first-order valence-corrected chi connectivity index (χ1v) is 6.17. The summed E-state index contributed by atoms with van der Waals surface area (Å²) in [4.78, 5) is 3.77. The maximum Gasteiger partial charge on any atom is 0.242 e. The van der Waals surface area contributed by atoms with E-state index in [1.54, 1.807) is 6.07 Å². The van der Waals surface area contributed by atoms with Crippen molar-refractivity contribution in [3.8, 4) is 0 Å². The highest BCUT2D eigenvalue weighted by Crippen LogP contribution is 2.09. The number of anilines is 1. The highest BCUT2D eigenvalue weighted by molar-refractivity contribution is 7.89. The summed E-state index contributed by atoms with van der Waals surface area (Å²) < 4.78 is 30.5. The minimum absolute atomic E-state index is 0.0511. The fourth-order valence-corrected chi connectivity index (χ4v) is 2.07. The van der Waals surface area contributed by atoms with Crippen LogP contribution in [0.2, 0.25) is 0 Å². The van der Waals surface area contributed by atoms with E-state index in [-0.39, 0.29) is 17.3 Å². The van der Waals surface area contributed by atoms with Crippen molar-refractivity contribution < 1.29 is 12.9 Å². The number of hydrogen-bond acceptors (Lipinski definition) is 6. The van der Waals surface area contributed by atoms with Crippen LogP contribution in [-0.4, -0.2) is 18.6 Å². The predicted octanol–water partition coefficient (Wildman–Crippen LogP) is 0.130. The van der Waals surface area contributed by atoms with Crippen LogP contribution in [0.5, 0.6) is 0 Å². The number of sulfonamides is 1. The molecule has 7 nitrogen and oxygen atoms in total. The summed E-state index contributed by atoms with van der Waals surface area (Å²) in [5.74, 6) is 0.264. The van der Waals surface area contributed by atoms with Crippen molar-refractivity contribution in [2.24, 2.45) is 0 Å². The second-order valence-corrected chi connectivity index (χ2v) is 5.00. The average molecular weight is 254 g/mol. The summed E-state index contributed by atoms with van der Waals surface area (Å²) in [5.41, 5.74) is 5.87. The number of nitrogen functional groups attached to an aromatic ring is 1. The predicted molar refractivity (Wildman–Crippen MR) is 59.2 cm³/mol. The van der Waals surface area contributed by atoms with Gasteiger partial charge in [-0.2, -0.15) is 0 Å². The van der Waals surface area contributed by atoms with Crippen LogP contribution in [0.15, 0.2) is 40.1 Å². The molecule has 17 heavy (non-hydrogen) atoms. The molecular weight excluding hydrogens is 244 g/mol.